The van der Waals surface area contributed by atoms with Crippen LogP contribution < -0.4 is 4.90 Å². The zero-order valence-corrected chi connectivity index (χ0v) is 30.4. The summed E-state index contributed by atoms with van der Waals surface area (Å²) in [6, 6.07) is 75.3. The predicted molar refractivity (Wildman–Crippen MR) is 232 cm³/mol. The van der Waals surface area contributed by atoms with E-state index in [4.69, 9.17) is 4.98 Å². The van der Waals surface area contributed by atoms with Gasteiger partial charge in [-0.25, -0.2) is 4.98 Å². The van der Waals surface area contributed by atoms with Crippen LogP contribution in [0.2, 0.25) is 0 Å². The molecule has 0 spiro atoms. The first-order valence-electron chi connectivity index (χ1n) is 19.0. The number of rotatable bonds is 7. The fourth-order valence-electron chi connectivity index (χ4n) is 8.38. The molecule has 0 radical (unpaired) electrons. The third-order valence-corrected chi connectivity index (χ3v) is 10.8. The van der Waals surface area contributed by atoms with Crippen molar-refractivity contribution in [2.24, 2.45) is 0 Å². The minimum atomic E-state index is 0.913. The lowest BCUT2D eigenvalue weighted by Crippen LogP contribution is -2.09. The Kier molecular flexibility index (Phi) is 7.42. The molecule has 56 heavy (non-hydrogen) atoms. The van der Waals surface area contributed by atoms with Crippen molar-refractivity contribution in [3.8, 4) is 28.5 Å². The third-order valence-electron chi connectivity index (χ3n) is 10.8. The van der Waals surface area contributed by atoms with Crippen LogP contribution in [0.3, 0.4) is 0 Å². The second-order valence-corrected chi connectivity index (χ2v) is 14.1. The number of imidazole rings is 1. The summed E-state index contributed by atoms with van der Waals surface area (Å²) in [4.78, 5) is 7.78. The van der Waals surface area contributed by atoms with Crippen LogP contribution in [0.25, 0.3) is 72.3 Å². The SMILES string of the molecule is c1ccc(-c2nc3c(c4cc5c6ccccc6n(-c6ccc(N(c7ccccc7)c7ccccc7)cc6)c5cc4n3-c3ccccc3)n2-c2ccccc2)cc1. The maximum Gasteiger partial charge on any atom is 0.165 e. The van der Waals surface area contributed by atoms with Crippen molar-refractivity contribution in [1.29, 1.82) is 0 Å². The summed E-state index contributed by atoms with van der Waals surface area (Å²) in [5, 5.41) is 3.55. The van der Waals surface area contributed by atoms with Gasteiger partial charge in [-0.2, -0.15) is 0 Å². The van der Waals surface area contributed by atoms with Gasteiger partial charge in [-0.05, 0) is 91.0 Å². The molecular weight excluding hydrogens is 683 g/mol. The number of benzene rings is 8. The van der Waals surface area contributed by atoms with Crippen LogP contribution in [0.5, 0.6) is 0 Å². The molecule has 0 saturated heterocycles. The zero-order chi connectivity index (χ0) is 37.0. The summed E-state index contributed by atoms with van der Waals surface area (Å²) >= 11 is 0. The van der Waals surface area contributed by atoms with E-state index < -0.39 is 0 Å². The van der Waals surface area contributed by atoms with Gasteiger partial charge in [0.1, 0.15) is 11.3 Å². The normalized spacial score (nSPS) is 11.6. The van der Waals surface area contributed by atoms with Crippen LogP contribution in [0.1, 0.15) is 0 Å². The Morgan fingerprint density at radius 1 is 0.339 bits per heavy atom. The predicted octanol–water partition coefficient (Wildman–Crippen LogP) is 13.2. The van der Waals surface area contributed by atoms with Crippen LogP contribution in [0.4, 0.5) is 17.1 Å². The molecule has 5 heteroatoms. The lowest BCUT2D eigenvalue weighted by Gasteiger charge is -2.25. The van der Waals surface area contributed by atoms with Gasteiger partial charge in [0.05, 0.1) is 16.6 Å². The molecule has 0 N–H and O–H groups in total. The van der Waals surface area contributed by atoms with Gasteiger partial charge in [-0.3, -0.25) is 9.13 Å². The molecule has 11 aromatic rings. The van der Waals surface area contributed by atoms with Gasteiger partial charge >= 0.3 is 0 Å². The zero-order valence-electron chi connectivity index (χ0n) is 30.4. The molecule has 0 amide bonds. The van der Waals surface area contributed by atoms with E-state index in [1.165, 1.54) is 10.8 Å². The van der Waals surface area contributed by atoms with E-state index in [0.717, 1.165) is 78.6 Å². The van der Waals surface area contributed by atoms with Crippen LogP contribution in [0.15, 0.2) is 212 Å². The Balaban J connectivity index is 1.18. The van der Waals surface area contributed by atoms with Crippen molar-refractivity contribution < 1.29 is 0 Å². The van der Waals surface area contributed by atoms with Crippen LogP contribution in [-0.4, -0.2) is 18.7 Å². The molecule has 3 heterocycles. The Morgan fingerprint density at radius 2 is 0.821 bits per heavy atom. The number of aromatic nitrogens is 4. The van der Waals surface area contributed by atoms with E-state index in [9.17, 15) is 0 Å². The van der Waals surface area contributed by atoms with Crippen LogP contribution >= 0.6 is 0 Å². The molecule has 0 aliphatic rings. The van der Waals surface area contributed by atoms with E-state index in [0.29, 0.717) is 0 Å². The molecule has 0 atom stereocenters. The maximum absolute atomic E-state index is 5.48. The summed E-state index contributed by atoms with van der Waals surface area (Å²) in [6.07, 6.45) is 0. The van der Waals surface area contributed by atoms with E-state index in [-0.39, 0.29) is 0 Å². The second kappa shape index (κ2) is 13.0. The highest BCUT2D eigenvalue weighted by molar-refractivity contribution is 6.18. The van der Waals surface area contributed by atoms with E-state index in [1.54, 1.807) is 0 Å². The lowest BCUT2D eigenvalue weighted by molar-refractivity contribution is 1.10. The van der Waals surface area contributed by atoms with Crippen molar-refractivity contribution in [2.75, 3.05) is 4.90 Å². The second-order valence-electron chi connectivity index (χ2n) is 14.1. The first-order chi connectivity index (χ1) is 27.8. The number of hydrogen-bond donors (Lipinski definition) is 0. The summed E-state index contributed by atoms with van der Waals surface area (Å²) in [5.74, 6) is 0.913. The molecule has 264 valence electrons. The molecule has 0 aliphatic heterocycles. The monoisotopic (exact) mass is 717 g/mol. The van der Waals surface area contributed by atoms with Crippen molar-refractivity contribution in [3.05, 3.63) is 212 Å². The summed E-state index contributed by atoms with van der Waals surface area (Å²) in [6.45, 7) is 0. The summed E-state index contributed by atoms with van der Waals surface area (Å²) < 4.78 is 7.07. The molecule has 8 aromatic carbocycles. The van der Waals surface area contributed by atoms with Crippen LogP contribution in [0, 0.1) is 0 Å². The third kappa shape index (κ3) is 5.06. The fraction of sp³-hybridized carbons (Fsp3) is 0. The average Bonchev–Trinajstić information content (AvgIpc) is 3.92. The molecule has 3 aromatic heterocycles. The Morgan fingerprint density at radius 3 is 1.45 bits per heavy atom. The van der Waals surface area contributed by atoms with E-state index in [1.807, 2.05) is 0 Å². The highest BCUT2D eigenvalue weighted by Crippen LogP contribution is 2.42. The number of nitrogens with zero attached hydrogens (tertiary/aromatic N) is 5. The van der Waals surface area contributed by atoms with Gasteiger partial charge in [0.15, 0.2) is 5.65 Å². The molecule has 0 fully saturated rings. The molecule has 0 saturated carbocycles. The van der Waals surface area contributed by atoms with Crippen molar-refractivity contribution in [1.82, 2.24) is 18.7 Å². The molecule has 0 unspecified atom stereocenters. The largest absolute Gasteiger partial charge is 0.311 e. The standard InChI is InChI=1S/C51H35N5/c1-6-18-36(19-7-1)50-52-51-49(56(50)40-26-14-5-15-27-40)45-34-44-43-28-16-17-29-46(43)54(47(44)35-48(45)55(51)39-24-12-4-13-25-39)42-32-30-41(31-33-42)53(37-20-8-2-9-21-37)38-22-10-3-11-23-38/h1-35H. The average molecular weight is 718 g/mol. The number of hydrogen-bond acceptors (Lipinski definition) is 2. The molecule has 0 bridgehead atoms. The highest BCUT2D eigenvalue weighted by Gasteiger charge is 2.25. The van der Waals surface area contributed by atoms with E-state index in [2.05, 4.69) is 231 Å². The van der Waals surface area contributed by atoms with Gasteiger partial charge in [0.25, 0.3) is 0 Å². The van der Waals surface area contributed by atoms with Crippen LogP contribution in [-0.2, 0) is 0 Å². The molecular formula is C51H35N5. The smallest absolute Gasteiger partial charge is 0.165 e. The van der Waals surface area contributed by atoms with Gasteiger partial charge in [0.2, 0.25) is 0 Å². The van der Waals surface area contributed by atoms with Gasteiger partial charge in [-0.15, -0.1) is 0 Å². The summed E-state index contributed by atoms with van der Waals surface area (Å²) in [7, 11) is 0. The number of anilines is 3. The number of fused-ring (bicyclic) bond motifs is 6. The highest BCUT2D eigenvalue weighted by atomic mass is 15.2. The van der Waals surface area contributed by atoms with Gasteiger partial charge in [0, 0.05) is 55.8 Å². The van der Waals surface area contributed by atoms with Crippen molar-refractivity contribution in [3.63, 3.8) is 0 Å². The minimum absolute atomic E-state index is 0.913. The van der Waals surface area contributed by atoms with E-state index >= 15 is 0 Å². The molecule has 0 aliphatic carbocycles. The fourth-order valence-corrected chi connectivity index (χ4v) is 8.38. The van der Waals surface area contributed by atoms with Crippen molar-refractivity contribution >= 4 is 60.9 Å². The first-order valence-corrected chi connectivity index (χ1v) is 19.0. The quantitative estimate of drug-likeness (QED) is 0.164. The van der Waals surface area contributed by atoms with Gasteiger partial charge < -0.3 is 9.47 Å². The molecule has 11 rings (SSSR count). The topological polar surface area (TPSA) is 30.9 Å². The van der Waals surface area contributed by atoms with Gasteiger partial charge in [-0.1, -0.05) is 121 Å². The summed E-state index contributed by atoms with van der Waals surface area (Å²) in [5.41, 5.74) is 13.0. The number of para-hydroxylation sites is 5. The lowest BCUT2D eigenvalue weighted by atomic mass is 10.1. The Bertz CT molecular complexity index is 3110. The Labute approximate surface area is 324 Å². The van der Waals surface area contributed by atoms with Crippen molar-refractivity contribution in [2.45, 2.75) is 0 Å². The first kappa shape index (κ1) is 31.9. The minimum Gasteiger partial charge on any atom is -0.311 e. The molecule has 5 nitrogen and oxygen atoms in total. The maximum atomic E-state index is 5.48. The Hall–Kier alpha value is -7.63.